The fraction of sp³-hybridized carbons (Fsp3) is 0.381. The molecule has 1 aliphatic rings. The third kappa shape index (κ3) is 7.63. The van der Waals surface area contributed by atoms with Crippen LogP contribution in [0.3, 0.4) is 0 Å². The van der Waals surface area contributed by atoms with E-state index in [1.54, 1.807) is 0 Å². The lowest BCUT2D eigenvalue weighted by molar-refractivity contribution is 0.0378. The zero-order valence-corrected chi connectivity index (χ0v) is 19.9. The molecule has 10 nitrogen and oxygen atoms in total. The maximum absolute atomic E-state index is 12.2. The number of amides is 2. The van der Waals surface area contributed by atoms with Crippen LogP contribution >= 0.6 is 23.1 Å². The summed E-state index contributed by atoms with van der Waals surface area (Å²) in [5, 5.41) is 18.2. The average molecular weight is 487 g/mol. The first-order valence-corrected chi connectivity index (χ1v) is 12.3. The van der Waals surface area contributed by atoms with Crippen LogP contribution in [-0.4, -0.2) is 70.5 Å². The molecule has 2 amide bonds. The molecule has 1 aliphatic heterocycles. The van der Waals surface area contributed by atoms with Crippen LogP contribution in [0.25, 0.3) is 0 Å². The standard InChI is InChI=1S/C21H26N8O2S2/c1-15-3-5-16(6-4-15)25-19(30)26-20-27-28-21(33-20)32-18-13-17(23-14-24-18)22-7-2-8-29-9-11-31-12-10-29/h3-6,13-14H,2,7-12H2,1H3,(H,22,23,24)(H2,25,26,27,30). The quantitative estimate of drug-likeness (QED) is 0.237. The largest absolute Gasteiger partial charge is 0.379 e. The van der Waals surface area contributed by atoms with Crippen molar-refractivity contribution in [2.75, 3.05) is 55.3 Å². The summed E-state index contributed by atoms with van der Waals surface area (Å²) in [4.78, 5) is 23.2. The molecule has 0 spiro atoms. The Balaban J connectivity index is 1.22. The molecule has 2 aromatic heterocycles. The molecule has 1 fully saturated rings. The Morgan fingerprint density at radius 3 is 2.79 bits per heavy atom. The van der Waals surface area contributed by atoms with E-state index in [4.69, 9.17) is 4.74 Å². The lowest BCUT2D eigenvalue weighted by Gasteiger charge is -2.26. The lowest BCUT2D eigenvalue weighted by Crippen LogP contribution is -2.37. The summed E-state index contributed by atoms with van der Waals surface area (Å²) in [6.07, 6.45) is 2.56. The van der Waals surface area contributed by atoms with Gasteiger partial charge in [-0.15, -0.1) is 10.2 Å². The van der Waals surface area contributed by atoms with E-state index >= 15 is 0 Å². The summed E-state index contributed by atoms with van der Waals surface area (Å²) in [6, 6.07) is 9.09. The maximum atomic E-state index is 12.2. The maximum Gasteiger partial charge on any atom is 0.325 e. The first-order chi connectivity index (χ1) is 16.1. The molecule has 12 heteroatoms. The van der Waals surface area contributed by atoms with Crippen molar-refractivity contribution < 1.29 is 9.53 Å². The molecule has 1 aromatic carbocycles. The van der Waals surface area contributed by atoms with Crippen molar-refractivity contribution in [3.8, 4) is 0 Å². The van der Waals surface area contributed by atoms with E-state index in [1.807, 2.05) is 37.3 Å². The number of anilines is 3. The SMILES string of the molecule is Cc1ccc(NC(=O)Nc2nnc(Sc3cc(NCCCN4CCOCC4)ncn3)s2)cc1. The van der Waals surface area contributed by atoms with Gasteiger partial charge in [0.15, 0.2) is 4.34 Å². The van der Waals surface area contributed by atoms with E-state index in [9.17, 15) is 4.79 Å². The number of urea groups is 1. The highest BCUT2D eigenvalue weighted by Gasteiger charge is 2.12. The second-order valence-corrected chi connectivity index (χ2v) is 9.64. The molecular formula is C21H26N8O2S2. The topological polar surface area (TPSA) is 117 Å². The lowest BCUT2D eigenvalue weighted by atomic mass is 10.2. The Bertz CT molecular complexity index is 1040. The number of aryl methyl sites for hydroxylation is 1. The molecule has 0 saturated carbocycles. The minimum atomic E-state index is -0.364. The summed E-state index contributed by atoms with van der Waals surface area (Å²) < 4.78 is 6.05. The second kappa shape index (κ2) is 11.9. The van der Waals surface area contributed by atoms with Crippen LogP contribution < -0.4 is 16.0 Å². The number of rotatable bonds is 9. The molecule has 0 aliphatic carbocycles. The van der Waals surface area contributed by atoms with Gasteiger partial charge in [-0.05, 0) is 43.8 Å². The summed E-state index contributed by atoms with van der Waals surface area (Å²) in [5.41, 5.74) is 1.84. The van der Waals surface area contributed by atoms with E-state index in [0.717, 1.165) is 62.2 Å². The molecule has 3 aromatic rings. The van der Waals surface area contributed by atoms with Crippen LogP contribution in [0.1, 0.15) is 12.0 Å². The second-order valence-electron chi connectivity index (χ2n) is 7.40. The summed E-state index contributed by atoms with van der Waals surface area (Å²) in [7, 11) is 0. The van der Waals surface area contributed by atoms with Gasteiger partial charge in [0.2, 0.25) is 5.13 Å². The monoisotopic (exact) mass is 486 g/mol. The van der Waals surface area contributed by atoms with Gasteiger partial charge in [-0.3, -0.25) is 10.2 Å². The summed E-state index contributed by atoms with van der Waals surface area (Å²) in [6.45, 7) is 7.51. The van der Waals surface area contributed by atoms with Crippen LogP contribution in [0.5, 0.6) is 0 Å². The molecule has 33 heavy (non-hydrogen) atoms. The van der Waals surface area contributed by atoms with Gasteiger partial charge in [-0.1, -0.05) is 29.0 Å². The Labute approximate surface area is 200 Å². The number of nitrogens with one attached hydrogen (secondary N) is 3. The number of aromatic nitrogens is 4. The van der Waals surface area contributed by atoms with Crippen molar-refractivity contribution in [2.24, 2.45) is 0 Å². The smallest absolute Gasteiger partial charge is 0.325 e. The van der Waals surface area contributed by atoms with Crippen LogP contribution in [-0.2, 0) is 4.74 Å². The summed E-state index contributed by atoms with van der Waals surface area (Å²) in [5.74, 6) is 0.773. The van der Waals surface area contributed by atoms with Crippen molar-refractivity contribution in [3.05, 3.63) is 42.2 Å². The van der Waals surface area contributed by atoms with Crippen molar-refractivity contribution in [3.63, 3.8) is 0 Å². The number of benzene rings is 1. The number of morpholine rings is 1. The molecule has 0 radical (unpaired) electrons. The summed E-state index contributed by atoms with van der Waals surface area (Å²) >= 11 is 2.66. The Kier molecular flexibility index (Phi) is 8.41. The van der Waals surface area contributed by atoms with Gasteiger partial charge in [0, 0.05) is 31.4 Å². The van der Waals surface area contributed by atoms with Gasteiger partial charge in [0.1, 0.15) is 17.2 Å². The van der Waals surface area contributed by atoms with Gasteiger partial charge >= 0.3 is 6.03 Å². The number of carbonyl (C=O) groups excluding carboxylic acids is 1. The molecule has 1 saturated heterocycles. The van der Waals surface area contributed by atoms with Crippen LogP contribution in [0, 0.1) is 6.92 Å². The molecule has 0 bridgehead atoms. The highest BCUT2D eigenvalue weighted by Crippen LogP contribution is 2.31. The number of hydrogen-bond donors (Lipinski definition) is 3. The minimum absolute atomic E-state index is 0.364. The van der Waals surface area contributed by atoms with E-state index < -0.39 is 0 Å². The van der Waals surface area contributed by atoms with E-state index in [0.29, 0.717) is 15.2 Å². The van der Waals surface area contributed by atoms with E-state index in [1.165, 1.54) is 29.4 Å². The fourth-order valence-electron chi connectivity index (χ4n) is 3.12. The Morgan fingerprint density at radius 2 is 1.97 bits per heavy atom. The molecule has 174 valence electrons. The van der Waals surface area contributed by atoms with Gasteiger partial charge < -0.3 is 15.4 Å². The van der Waals surface area contributed by atoms with Crippen LogP contribution in [0.4, 0.5) is 21.4 Å². The van der Waals surface area contributed by atoms with Crippen molar-refractivity contribution in [1.82, 2.24) is 25.1 Å². The zero-order chi connectivity index (χ0) is 22.9. The van der Waals surface area contributed by atoms with Crippen molar-refractivity contribution >= 4 is 45.8 Å². The number of ether oxygens (including phenoxy) is 1. The zero-order valence-electron chi connectivity index (χ0n) is 18.3. The van der Waals surface area contributed by atoms with Gasteiger partial charge in [-0.25, -0.2) is 14.8 Å². The van der Waals surface area contributed by atoms with Gasteiger partial charge in [0.05, 0.1) is 13.2 Å². The molecule has 0 atom stereocenters. The number of nitrogens with zero attached hydrogens (tertiary/aromatic N) is 5. The molecule has 3 N–H and O–H groups in total. The predicted octanol–water partition coefficient (Wildman–Crippen LogP) is 3.57. The van der Waals surface area contributed by atoms with E-state index in [-0.39, 0.29) is 6.03 Å². The van der Waals surface area contributed by atoms with Crippen LogP contribution in [0.15, 0.2) is 46.0 Å². The first-order valence-electron chi connectivity index (χ1n) is 10.7. The van der Waals surface area contributed by atoms with Crippen molar-refractivity contribution in [1.29, 1.82) is 0 Å². The van der Waals surface area contributed by atoms with E-state index in [2.05, 4.69) is 41.0 Å². The van der Waals surface area contributed by atoms with Gasteiger partial charge in [-0.2, -0.15) is 0 Å². The molecule has 3 heterocycles. The van der Waals surface area contributed by atoms with Gasteiger partial charge in [0.25, 0.3) is 0 Å². The van der Waals surface area contributed by atoms with Crippen LogP contribution in [0.2, 0.25) is 0 Å². The Hall–Kier alpha value is -2.80. The van der Waals surface area contributed by atoms with Crippen molar-refractivity contribution in [2.45, 2.75) is 22.7 Å². The minimum Gasteiger partial charge on any atom is -0.379 e. The third-order valence-electron chi connectivity index (χ3n) is 4.83. The third-order valence-corrected chi connectivity index (χ3v) is 6.65. The normalized spacial score (nSPS) is 14.1. The number of carbonyl (C=O) groups is 1. The fourth-order valence-corrected chi connectivity index (χ4v) is 4.79. The Morgan fingerprint density at radius 1 is 1.15 bits per heavy atom. The first kappa shape index (κ1) is 23.4. The highest BCUT2D eigenvalue weighted by atomic mass is 32.2. The molecular weight excluding hydrogens is 460 g/mol. The number of hydrogen-bond acceptors (Lipinski definition) is 10. The highest BCUT2D eigenvalue weighted by molar-refractivity contribution is 8.01. The molecule has 0 unspecified atom stereocenters. The molecule has 4 rings (SSSR count). The predicted molar refractivity (Wildman–Crippen MR) is 130 cm³/mol. The average Bonchev–Trinajstić information content (AvgIpc) is 3.25.